The van der Waals surface area contributed by atoms with Crippen molar-refractivity contribution in [1.82, 2.24) is 4.57 Å². The molecule has 0 atom stereocenters. The van der Waals surface area contributed by atoms with E-state index in [4.69, 9.17) is 5.11 Å². The largest absolute Gasteiger partial charge is 0.481 e. The Balaban J connectivity index is 1.60. The Labute approximate surface area is 106 Å². The van der Waals surface area contributed by atoms with Crippen LogP contribution in [-0.2, 0) is 17.8 Å². The summed E-state index contributed by atoms with van der Waals surface area (Å²) in [5, 5.41) is 11.4. The number of aliphatic carboxylic acids is 1. The van der Waals surface area contributed by atoms with Gasteiger partial charge in [-0.1, -0.05) is 30.7 Å². The molecule has 0 fully saturated rings. The highest BCUT2D eigenvalue weighted by atomic mass is 16.4. The summed E-state index contributed by atoms with van der Waals surface area (Å²) >= 11 is 0. The summed E-state index contributed by atoms with van der Waals surface area (Å²) in [6.45, 7) is 1.04. The SMILES string of the molecule is O=C(O)CCCCCn1c2c3ccccc3c1C2. The minimum atomic E-state index is -0.685. The average Bonchev–Trinajstić information content (AvgIpc) is 2.85. The highest BCUT2D eigenvalue weighted by Gasteiger charge is 2.25. The number of carboxylic acids is 1. The molecule has 2 heterocycles. The van der Waals surface area contributed by atoms with E-state index in [1.54, 1.807) is 0 Å². The first-order chi connectivity index (χ1) is 8.77. The minimum absolute atomic E-state index is 0.299. The van der Waals surface area contributed by atoms with Gasteiger partial charge in [0.1, 0.15) is 0 Å². The van der Waals surface area contributed by atoms with Gasteiger partial charge in [-0.05, 0) is 12.8 Å². The number of aromatic nitrogens is 1. The van der Waals surface area contributed by atoms with Crippen LogP contribution in [0.15, 0.2) is 24.3 Å². The van der Waals surface area contributed by atoms with E-state index in [9.17, 15) is 4.79 Å². The van der Waals surface area contributed by atoms with Crippen molar-refractivity contribution in [3.63, 3.8) is 0 Å². The number of benzene rings is 1. The maximum atomic E-state index is 10.4. The molecule has 94 valence electrons. The van der Waals surface area contributed by atoms with E-state index in [0.717, 1.165) is 32.2 Å². The topological polar surface area (TPSA) is 42.2 Å². The van der Waals surface area contributed by atoms with Crippen LogP contribution >= 0.6 is 0 Å². The van der Waals surface area contributed by atoms with Crippen LogP contribution in [0, 0.1) is 0 Å². The second-order valence-corrected chi connectivity index (χ2v) is 4.97. The van der Waals surface area contributed by atoms with E-state index in [-0.39, 0.29) is 0 Å². The summed E-state index contributed by atoms with van der Waals surface area (Å²) in [7, 11) is 0. The number of hydrogen-bond acceptors (Lipinski definition) is 1. The molecule has 2 bridgehead atoms. The molecule has 0 unspecified atom stereocenters. The van der Waals surface area contributed by atoms with Gasteiger partial charge in [0.05, 0.1) is 0 Å². The van der Waals surface area contributed by atoms with Crippen LogP contribution in [0.1, 0.15) is 37.1 Å². The molecule has 4 rings (SSSR count). The minimum Gasteiger partial charge on any atom is -0.481 e. The smallest absolute Gasteiger partial charge is 0.303 e. The third-order valence-corrected chi connectivity index (χ3v) is 3.81. The van der Waals surface area contributed by atoms with Gasteiger partial charge in [-0.2, -0.15) is 0 Å². The van der Waals surface area contributed by atoms with Crippen LogP contribution in [0.4, 0.5) is 0 Å². The summed E-state index contributed by atoms with van der Waals surface area (Å²) in [4.78, 5) is 10.4. The molecule has 18 heavy (non-hydrogen) atoms. The van der Waals surface area contributed by atoms with Crippen molar-refractivity contribution in [2.45, 2.75) is 38.6 Å². The fraction of sp³-hybridized carbons (Fsp3) is 0.400. The predicted molar refractivity (Wildman–Crippen MR) is 70.8 cm³/mol. The number of carboxylic acid groups (broad SMARTS) is 1. The maximum absolute atomic E-state index is 10.4. The molecule has 1 aliphatic carbocycles. The number of aryl methyl sites for hydroxylation is 1. The summed E-state index contributed by atoms with van der Waals surface area (Å²) in [5.41, 5.74) is 2.91. The molecule has 1 aromatic heterocycles. The standard InChI is InChI=1S/C15H17NO2/c17-15(18)8-2-1-5-9-16-13-10-14(16)12-7-4-3-6-11(12)13/h3-4,6-7H,1-2,5,8-10H2,(H,17,18). The predicted octanol–water partition coefficient (Wildman–Crippen LogP) is 3.19. The quantitative estimate of drug-likeness (QED) is 0.675. The van der Waals surface area contributed by atoms with Crippen LogP contribution < -0.4 is 0 Å². The zero-order chi connectivity index (χ0) is 12.5. The highest BCUT2D eigenvalue weighted by molar-refractivity contribution is 5.93. The lowest BCUT2D eigenvalue weighted by atomic mass is 10.1. The third kappa shape index (κ3) is 1.80. The summed E-state index contributed by atoms with van der Waals surface area (Å²) in [6, 6.07) is 8.58. The van der Waals surface area contributed by atoms with E-state index >= 15 is 0 Å². The summed E-state index contributed by atoms with van der Waals surface area (Å²) in [5.74, 6) is -0.685. The molecule has 2 aliphatic rings. The van der Waals surface area contributed by atoms with Crippen molar-refractivity contribution < 1.29 is 9.90 Å². The average molecular weight is 243 g/mol. The molecular formula is C15H17NO2. The molecule has 2 aromatic rings. The highest BCUT2D eigenvalue weighted by Crippen LogP contribution is 2.37. The molecule has 1 aliphatic heterocycles. The van der Waals surface area contributed by atoms with Gasteiger partial charge in [-0.15, -0.1) is 0 Å². The second kappa shape index (κ2) is 4.48. The van der Waals surface area contributed by atoms with E-state index in [2.05, 4.69) is 28.8 Å². The molecule has 3 nitrogen and oxygen atoms in total. The maximum Gasteiger partial charge on any atom is 0.303 e. The number of hydrogen-bond donors (Lipinski definition) is 1. The molecule has 0 saturated heterocycles. The molecule has 3 heteroatoms. The summed E-state index contributed by atoms with van der Waals surface area (Å²) in [6.07, 6.45) is 4.29. The van der Waals surface area contributed by atoms with Gasteiger partial charge in [0, 0.05) is 41.5 Å². The van der Waals surface area contributed by atoms with Crippen molar-refractivity contribution in [3.8, 4) is 0 Å². The molecule has 0 saturated carbocycles. The van der Waals surface area contributed by atoms with Crippen molar-refractivity contribution in [2.75, 3.05) is 0 Å². The number of unbranched alkanes of at least 4 members (excludes halogenated alkanes) is 2. The number of nitrogens with zero attached hydrogens (tertiary/aromatic N) is 1. The fourth-order valence-electron chi connectivity index (χ4n) is 2.88. The first-order valence-corrected chi connectivity index (χ1v) is 6.58. The Hall–Kier alpha value is -1.77. The van der Waals surface area contributed by atoms with Gasteiger partial charge in [-0.25, -0.2) is 0 Å². The molecule has 0 radical (unpaired) electrons. The Morgan fingerprint density at radius 1 is 1.11 bits per heavy atom. The lowest BCUT2D eigenvalue weighted by Crippen LogP contribution is -2.16. The van der Waals surface area contributed by atoms with E-state index in [1.165, 1.54) is 22.2 Å². The first kappa shape index (κ1) is 11.3. The van der Waals surface area contributed by atoms with Gasteiger partial charge < -0.3 is 9.67 Å². The zero-order valence-corrected chi connectivity index (χ0v) is 10.4. The lowest BCUT2D eigenvalue weighted by molar-refractivity contribution is -0.137. The van der Waals surface area contributed by atoms with Gasteiger partial charge in [-0.3, -0.25) is 4.79 Å². The molecule has 1 aromatic carbocycles. The van der Waals surface area contributed by atoms with E-state index < -0.39 is 5.97 Å². The first-order valence-electron chi connectivity index (χ1n) is 6.58. The van der Waals surface area contributed by atoms with Crippen molar-refractivity contribution in [1.29, 1.82) is 0 Å². The van der Waals surface area contributed by atoms with Crippen LogP contribution in [0.5, 0.6) is 0 Å². The Morgan fingerprint density at radius 3 is 2.39 bits per heavy atom. The monoisotopic (exact) mass is 243 g/mol. The van der Waals surface area contributed by atoms with Crippen LogP contribution in [0.2, 0.25) is 0 Å². The Kier molecular flexibility index (Phi) is 2.82. The molecule has 0 amide bonds. The van der Waals surface area contributed by atoms with Crippen LogP contribution in [-0.4, -0.2) is 15.6 Å². The van der Waals surface area contributed by atoms with Gasteiger partial charge in [0.2, 0.25) is 0 Å². The molecule has 1 N–H and O–H groups in total. The number of carbonyl (C=O) groups is 1. The van der Waals surface area contributed by atoms with Crippen LogP contribution in [0.3, 0.4) is 0 Å². The van der Waals surface area contributed by atoms with Crippen LogP contribution in [0.25, 0.3) is 10.8 Å². The molecule has 0 spiro atoms. The Bertz CT molecular complexity index is 559. The zero-order valence-electron chi connectivity index (χ0n) is 10.4. The summed E-state index contributed by atoms with van der Waals surface area (Å²) < 4.78 is 2.41. The van der Waals surface area contributed by atoms with Crippen molar-refractivity contribution in [2.24, 2.45) is 0 Å². The van der Waals surface area contributed by atoms with E-state index in [0.29, 0.717) is 6.42 Å². The number of rotatable bonds is 6. The van der Waals surface area contributed by atoms with Crippen molar-refractivity contribution >= 4 is 16.7 Å². The fourth-order valence-corrected chi connectivity index (χ4v) is 2.88. The third-order valence-electron chi connectivity index (χ3n) is 3.81. The lowest BCUT2D eigenvalue weighted by Gasteiger charge is -2.20. The Morgan fingerprint density at radius 2 is 1.78 bits per heavy atom. The van der Waals surface area contributed by atoms with Crippen molar-refractivity contribution in [3.05, 3.63) is 35.7 Å². The second-order valence-electron chi connectivity index (χ2n) is 4.97. The van der Waals surface area contributed by atoms with E-state index in [1.807, 2.05) is 0 Å². The normalized spacial score (nSPS) is 12.7. The molecular weight excluding hydrogens is 226 g/mol. The van der Waals surface area contributed by atoms with Gasteiger partial charge in [0.25, 0.3) is 0 Å². The van der Waals surface area contributed by atoms with Gasteiger partial charge in [0.15, 0.2) is 0 Å². The van der Waals surface area contributed by atoms with Gasteiger partial charge >= 0.3 is 5.97 Å².